The van der Waals surface area contributed by atoms with Crippen molar-refractivity contribution in [2.24, 2.45) is 0 Å². The lowest BCUT2D eigenvalue weighted by molar-refractivity contribution is -0.114. The van der Waals surface area contributed by atoms with Gasteiger partial charge in [-0.2, -0.15) is 8.42 Å². The number of carbonyl (C=O) groups is 1. The van der Waals surface area contributed by atoms with Crippen molar-refractivity contribution in [2.45, 2.75) is 18.7 Å². The Labute approximate surface area is 284 Å². The minimum absolute atomic E-state index is 0.0633. The second-order valence-electron chi connectivity index (χ2n) is 10.0. The average molecular weight is 702 g/mol. The minimum atomic E-state index is -3.78. The zero-order chi connectivity index (χ0) is 34.5. The van der Waals surface area contributed by atoms with Gasteiger partial charge in [0.25, 0.3) is 10.1 Å². The van der Waals surface area contributed by atoms with E-state index in [1.807, 2.05) is 6.92 Å². The van der Waals surface area contributed by atoms with Crippen LogP contribution >= 0.6 is 0 Å². The van der Waals surface area contributed by atoms with Crippen molar-refractivity contribution in [3.05, 3.63) is 54.1 Å². The van der Waals surface area contributed by atoms with Gasteiger partial charge in [0.15, 0.2) is 0 Å². The van der Waals surface area contributed by atoms with Crippen LogP contribution in [0, 0.1) is 6.92 Å². The van der Waals surface area contributed by atoms with Crippen molar-refractivity contribution in [3.63, 3.8) is 0 Å². The number of benzene rings is 2. The number of carbonyl (C=O) groups excluding carboxylic acids is 1. The van der Waals surface area contributed by atoms with E-state index in [2.05, 4.69) is 5.32 Å². The lowest BCUT2D eigenvalue weighted by Crippen LogP contribution is -2.15. The van der Waals surface area contributed by atoms with Crippen LogP contribution in [0.25, 0.3) is 0 Å². The number of hydrogen-bond acceptors (Lipinski definition) is 13. The summed E-state index contributed by atoms with van der Waals surface area (Å²) in [5.74, 6) is 0.594. The Morgan fingerprint density at radius 2 is 0.875 bits per heavy atom. The minimum Gasteiger partial charge on any atom is -0.491 e. The van der Waals surface area contributed by atoms with E-state index in [9.17, 15) is 13.2 Å². The van der Waals surface area contributed by atoms with Crippen molar-refractivity contribution in [1.29, 1.82) is 0 Å². The number of rotatable bonds is 31. The van der Waals surface area contributed by atoms with E-state index in [-0.39, 0.29) is 24.0 Å². The van der Waals surface area contributed by atoms with Gasteiger partial charge in [0.05, 0.1) is 117 Å². The molecule has 0 radical (unpaired) electrons. The van der Waals surface area contributed by atoms with Crippen molar-refractivity contribution >= 4 is 21.7 Å². The molecule has 0 bridgehead atoms. The summed E-state index contributed by atoms with van der Waals surface area (Å²) in [5.41, 5.74) is 1.70. The number of amides is 1. The first-order valence-electron chi connectivity index (χ1n) is 16.0. The smallest absolute Gasteiger partial charge is 0.297 e. The van der Waals surface area contributed by atoms with Crippen molar-refractivity contribution in [3.8, 4) is 5.75 Å². The summed E-state index contributed by atoms with van der Waals surface area (Å²) < 4.78 is 78.3. The zero-order valence-corrected chi connectivity index (χ0v) is 28.9. The van der Waals surface area contributed by atoms with E-state index in [0.717, 1.165) is 11.3 Å². The van der Waals surface area contributed by atoms with E-state index in [0.29, 0.717) is 111 Å². The molecule has 0 heterocycles. The molecule has 0 saturated carbocycles. The van der Waals surface area contributed by atoms with Gasteiger partial charge in [-0.15, -0.1) is 0 Å². The Balaban J connectivity index is 1.21. The third-order valence-corrected chi connectivity index (χ3v) is 7.38. The topological polar surface area (TPSA) is 156 Å². The molecule has 0 aromatic heterocycles. The molecule has 0 aliphatic carbocycles. The van der Waals surface area contributed by atoms with Crippen molar-refractivity contribution < 1.29 is 60.0 Å². The van der Waals surface area contributed by atoms with Crippen LogP contribution in [0.2, 0.25) is 0 Å². The molecule has 0 aliphatic heterocycles. The Kier molecular flexibility index (Phi) is 23.5. The molecule has 0 fully saturated rings. The molecular weight excluding hydrogens is 650 g/mol. The summed E-state index contributed by atoms with van der Waals surface area (Å²) in [6, 6.07) is 13.6. The van der Waals surface area contributed by atoms with Gasteiger partial charge in [0, 0.05) is 12.6 Å². The van der Waals surface area contributed by atoms with Crippen LogP contribution in [0.4, 0.5) is 5.69 Å². The highest BCUT2D eigenvalue weighted by atomic mass is 32.2. The Bertz CT molecular complexity index is 1180. The maximum atomic E-state index is 12.1. The van der Waals surface area contributed by atoms with Gasteiger partial charge in [-0.3, -0.25) is 8.98 Å². The largest absolute Gasteiger partial charge is 0.491 e. The standard InChI is InChI=1S/C33H51NO13S/c1-29-3-9-33(10-4-29)48(36,37)47-28-26-45-24-22-43-20-18-41-16-14-39-12-11-38-13-15-40-17-19-42-21-23-44-25-27-46-32-7-5-31(6-8-32)34-30(2)35/h3-10H,11-28H2,1-2H3,(H,34,35). The number of nitrogens with one attached hydrogen (secondary N) is 1. The molecule has 1 N–H and O–H groups in total. The van der Waals surface area contributed by atoms with Crippen LogP contribution in [0.15, 0.2) is 53.4 Å². The second-order valence-corrected chi connectivity index (χ2v) is 11.7. The predicted molar refractivity (Wildman–Crippen MR) is 177 cm³/mol. The van der Waals surface area contributed by atoms with E-state index in [1.165, 1.54) is 19.1 Å². The zero-order valence-electron chi connectivity index (χ0n) is 28.1. The molecule has 15 heteroatoms. The van der Waals surface area contributed by atoms with E-state index in [4.69, 9.17) is 46.8 Å². The highest BCUT2D eigenvalue weighted by molar-refractivity contribution is 7.86. The van der Waals surface area contributed by atoms with Gasteiger partial charge < -0.3 is 47.9 Å². The summed E-state index contributed by atoms with van der Waals surface area (Å²) in [5, 5.41) is 2.70. The maximum absolute atomic E-state index is 12.1. The molecule has 1 amide bonds. The SMILES string of the molecule is CC(=O)Nc1ccc(OCCOCCOCCOCCOCCOCCOCCOCCOCCOS(=O)(=O)c2ccc(C)cc2)cc1. The number of anilines is 1. The van der Waals surface area contributed by atoms with Crippen LogP contribution < -0.4 is 10.1 Å². The lowest BCUT2D eigenvalue weighted by Gasteiger charge is -2.09. The number of ether oxygens (including phenoxy) is 9. The highest BCUT2D eigenvalue weighted by Crippen LogP contribution is 2.15. The van der Waals surface area contributed by atoms with Crippen molar-refractivity contribution in [1.82, 2.24) is 0 Å². The number of aryl methyl sites for hydroxylation is 1. The molecule has 272 valence electrons. The molecule has 0 atom stereocenters. The Morgan fingerprint density at radius 3 is 1.25 bits per heavy atom. The molecule has 2 aromatic carbocycles. The molecular formula is C33H51NO13S. The van der Waals surface area contributed by atoms with E-state index >= 15 is 0 Å². The molecule has 2 aromatic rings. The number of hydrogen-bond donors (Lipinski definition) is 1. The van der Waals surface area contributed by atoms with Gasteiger partial charge in [-0.25, -0.2) is 0 Å². The third kappa shape index (κ3) is 22.0. The summed E-state index contributed by atoms with van der Waals surface area (Å²) >= 11 is 0. The fourth-order valence-electron chi connectivity index (χ4n) is 3.67. The summed E-state index contributed by atoms with van der Waals surface area (Å²) in [6.07, 6.45) is 0. The van der Waals surface area contributed by atoms with E-state index in [1.54, 1.807) is 36.4 Å². The van der Waals surface area contributed by atoms with Gasteiger partial charge in [-0.1, -0.05) is 17.7 Å². The van der Waals surface area contributed by atoms with Crippen LogP contribution in [0.3, 0.4) is 0 Å². The highest BCUT2D eigenvalue weighted by Gasteiger charge is 2.14. The van der Waals surface area contributed by atoms with Gasteiger partial charge in [0.2, 0.25) is 5.91 Å². The summed E-state index contributed by atoms with van der Waals surface area (Å²) in [6.45, 7) is 10.5. The normalized spacial score (nSPS) is 11.5. The molecule has 2 rings (SSSR count). The van der Waals surface area contributed by atoms with Crippen LogP contribution in [-0.4, -0.2) is 133 Å². The first-order valence-corrected chi connectivity index (χ1v) is 17.4. The van der Waals surface area contributed by atoms with Gasteiger partial charge >= 0.3 is 0 Å². The monoisotopic (exact) mass is 701 g/mol. The summed E-state index contributed by atoms with van der Waals surface area (Å²) in [4.78, 5) is 11.2. The van der Waals surface area contributed by atoms with Crippen LogP contribution in [-0.2, 0) is 57.0 Å². The molecule has 14 nitrogen and oxygen atoms in total. The third-order valence-electron chi connectivity index (χ3n) is 6.05. The van der Waals surface area contributed by atoms with Crippen LogP contribution in [0.5, 0.6) is 5.75 Å². The molecule has 0 aliphatic rings. The van der Waals surface area contributed by atoms with Gasteiger partial charge in [0.1, 0.15) is 12.4 Å². The molecule has 0 saturated heterocycles. The van der Waals surface area contributed by atoms with E-state index < -0.39 is 10.1 Å². The summed E-state index contributed by atoms with van der Waals surface area (Å²) in [7, 11) is -3.78. The maximum Gasteiger partial charge on any atom is 0.297 e. The Hall–Kier alpha value is -2.70. The fourth-order valence-corrected chi connectivity index (χ4v) is 4.57. The second kappa shape index (κ2) is 27.2. The first-order chi connectivity index (χ1) is 23.4. The van der Waals surface area contributed by atoms with Crippen molar-refractivity contribution in [2.75, 3.05) is 124 Å². The van der Waals surface area contributed by atoms with Crippen LogP contribution in [0.1, 0.15) is 12.5 Å². The quantitative estimate of drug-likeness (QED) is 0.0906. The molecule has 0 spiro atoms. The first kappa shape index (κ1) is 41.5. The molecule has 0 unspecified atom stereocenters. The lowest BCUT2D eigenvalue weighted by atomic mass is 10.2. The average Bonchev–Trinajstić information content (AvgIpc) is 3.06. The van der Waals surface area contributed by atoms with Gasteiger partial charge in [-0.05, 0) is 43.3 Å². The predicted octanol–water partition coefficient (Wildman–Crippen LogP) is 2.87. The molecule has 48 heavy (non-hydrogen) atoms. The Morgan fingerprint density at radius 1 is 0.521 bits per heavy atom. The fraction of sp³-hybridized carbons (Fsp3) is 0.606.